The van der Waals surface area contributed by atoms with Crippen molar-refractivity contribution in [1.29, 1.82) is 0 Å². The molecule has 3 rings (SSSR count). The van der Waals surface area contributed by atoms with E-state index in [0.29, 0.717) is 5.41 Å². The second kappa shape index (κ2) is 4.79. The third-order valence-corrected chi connectivity index (χ3v) is 4.72. The van der Waals surface area contributed by atoms with Crippen molar-refractivity contribution < 1.29 is 4.79 Å². The molecule has 2 fully saturated rings. The van der Waals surface area contributed by atoms with E-state index >= 15 is 0 Å². The summed E-state index contributed by atoms with van der Waals surface area (Å²) < 4.78 is 0. The van der Waals surface area contributed by atoms with Gasteiger partial charge in [0.2, 0.25) is 0 Å². The molecule has 1 amide bonds. The van der Waals surface area contributed by atoms with Crippen LogP contribution in [0.2, 0.25) is 0 Å². The van der Waals surface area contributed by atoms with Crippen LogP contribution in [-0.2, 0) is 0 Å². The Hall–Kier alpha value is -1.65. The quantitative estimate of drug-likeness (QED) is 0.879. The zero-order valence-corrected chi connectivity index (χ0v) is 11.1. The summed E-state index contributed by atoms with van der Waals surface area (Å²) >= 11 is 0. The van der Waals surface area contributed by atoms with Gasteiger partial charge in [-0.1, -0.05) is 12.8 Å². The Bertz CT molecular complexity index is 455. The summed E-state index contributed by atoms with van der Waals surface area (Å²) in [6, 6.07) is 3.50. The molecule has 0 bridgehead atoms. The Labute approximate surface area is 113 Å². The predicted octanol–water partition coefficient (Wildman–Crippen LogP) is 1.74. The van der Waals surface area contributed by atoms with E-state index in [1.54, 1.807) is 6.07 Å². The Morgan fingerprint density at radius 2 is 1.79 bits per heavy atom. The maximum absolute atomic E-state index is 11.0. The van der Waals surface area contributed by atoms with E-state index in [0.717, 1.165) is 18.9 Å². The average molecular weight is 260 g/mol. The van der Waals surface area contributed by atoms with Crippen LogP contribution in [0.3, 0.4) is 0 Å². The summed E-state index contributed by atoms with van der Waals surface area (Å²) in [6.07, 6.45) is 8.10. The highest BCUT2D eigenvalue weighted by atomic mass is 16.1. The minimum absolute atomic E-state index is 0.230. The van der Waals surface area contributed by atoms with E-state index in [2.05, 4.69) is 15.1 Å². The minimum Gasteiger partial charge on any atom is -0.364 e. The highest BCUT2D eigenvalue weighted by molar-refractivity contribution is 5.90. The highest BCUT2D eigenvalue weighted by Crippen LogP contribution is 2.46. The second-order valence-electron chi connectivity index (χ2n) is 5.84. The lowest BCUT2D eigenvalue weighted by Crippen LogP contribution is -2.39. The van der Waals surface area contributed by atoms with E-state index < -0.39 is 5.91 Å². The fourth-order valence-corrected chi connectivity index (χ4v) is 3.46. The number of hydrogen-bond donors (Lipinski definition) is 1. The van der Waals surface area contributed by atoms with Gasteiger partial charge in [0.05, 0.1) is 0 Å². The maximum Gasteiger partial charge on any atom is 0.269 e. The largest absolute Gasteiger partial charge is 0.364 e. The number of nitrogens with zero attached hydrogens (tertiary/aromatic N) is 3. The van der Waals surface area contributed by atoms with Crippen LogP contribution in [0.5, 0.6) is 0 Å². The van der Waals surface area contributed by atoms with E-state index in [-0.39, 0.29) is 5.69 Å². The van der Waals surface area contributed by atoms with Crippen LogP contribution >= 0.6 is 0 Å². The van der Waals surface area contributed by atoms with Crippen LogP contribution in [0.25, 0.3) is 0 Å². The van der Waals surface area contributed by atoms with Gasteiger partial charge in [-0.15, -0.1) is 10.2 Å². The molecule has 2 aliphatic rings. The summed E-state index contributed by atoms with van der Waals surface area (Å²) in [6.45, 7) is 2.09. The van der Waals surface area contributed by atoms with Crippen LogP contribution in [0.1, 0.15) is 49.0 Å². The normalized spacial score (nSPS) is 21.8. The number of hydrogen-bond acceptors (Lipinski definition) is 4. The zero-order valence-electron chi connectivity index (χ0n) is 11.1. The third-order valence-electron chi connectivity index (χ3n) is 4.72. The Kier molecular flexibility index (Phi) is 3.12. The molecule has 0 radical (unpaired) electrons. The number of carbonyl (C=O) groups is 1. The molecule has 2 N–H and O–H groups in total. The molecule has 1 saturated heterocycles. The van der Waals surface area contributed by atoms with Gasteiger partial charge >= 0.3 is 0 Å². The lowest BCUT2D eigenvalue weighted by molar-refractivity contribution is 0.0994. The van der Waals surface area contributed by atoms with Crippen molar-refractivity contribution in [3.8, 4) is 0 Å². The van der Waals surface area contributed by atoms with E-state index in [1.807, 2.05) is 6.07 Å². The van der Waals surface area contributed by atoms with Crippen LogP contribution in [-0.4, -0.2) is 29.2 Å². The smallest absolute Gasteiger partial charge is 0.269 e. The van der Waals surface area contributed by atoms with Gasteiger partial charge in [0.15, 0.2) is 11.5 Å². The van der Waals surface area contributed by atoms with Gasteiger partial charge in [-0.3, -0.25) is 4.79 Å². The molecule has 1 aromatic heterocycles. The lowest BCUT2D eigenvalue weighted by Gasteiger charge is -2.39. The van der Waals surface area contributed by atoms with Crippen molar-refractivity contribution in [2.45, 2.75) is 38.5 Å². The van der Waals surface area contributed by atoms with Gasteiger partial charge in [0.25, 0.3) is 5.91 Å². The number of primary amides is 1. The molecular formula is C14H20N4O. The molecule has 0 unspecified atom stereocenters. The van der Waals surface area contributed by atoms with Crippen molar-refractivity contribution in [3.05, 3.63) is 17.8 Å². The summed E-state index contributed by atoms with van der Waals surface area (Å²) in [5.41, 5.74) is 6.00. The lowest BCUT2D eigenvalue weighted by atomic mass is 9.77. The second-order valence-corrected chi connectivity index (χ2v) is 5.84. The molecule has 1 aliphatic heterocycles. The average Bonchev–Trinajstić information content (AvgIpc) is 2.88. The summed E-state index contributed by atoms with van der Waals surface area (Å²) in [5.74, 6) is 0.334. The number of piperidine rings is 1. The van der Waals surface area contributed by atoms with Gasteiger partial charge in [0.1, 0.15) is 0 Å². The first kappa shape index (κ1) is 12.4. The van der Waals surface area contributed by atoms with E-state index in [1.165, 1.54) is 38.5 Å². The third kappa shape index (κ3) is 2.41. The molecule has 1 saturated carbocycles. The molecule has 1 spiro atoms. The number of nitrogens with two attached hydrogens (primary N) is 1. The molecule has 1 aliphatic carbocycles. The van der Waals surface area contributed by atoms with E-state index in [4.69, 9.17) is 5.73 Å². The number of amides is 1. The predicted molar refractivity (Wildman–Crippen MR) is 72.9 cm³/mol. The Morgan fingerprint density at radius 3 is 2.32 bits per heavy atom. The van der Waals surface area contributed by atoms with Crippen molar-refractivity contribution in [3.63, 3.8) is 0 Å². The van der Waals surface area contributed by atoms with Crippen LogP contribution < -0.4 is 10.6 Å². The fraction of sp³-hybridized carbons (Fsp3) is 0.643. The van der Waals surface area contributed by atoms with Crippen LogP contribution in [0.4, 0.5) is 5.82 Å². The van der Waals surface area contributed by atoms with Gasteiger partial charge in [-0.25, -0.2) is 0 Å². The van der Waals surface area contributed by atoms with E-state index in [9.17, 15) is 4.79 Å². The number of rotatable bonds is 2. The summed E-state index contributed by atoms with van der Waals surface area (Å²) in [7, 11) is 0. The Balaban J connectivity index is 1.66. The van der Waals surface area contributed by atoms with Crippen molar-refractivity contribution in [1.82, 2.24) is 10.2 Å². The number of carbonyl (C=O) groups excluding carboxylic acids is 1. The monoisotopic (exact) mass is 260 g/mol. The molecule has 2 heterocycles. The first-order valence-corrected chi connectivity index (χ1v) is 7.07. The van der Waals surface area contributed by atoms with Crippen LogP contribution in [0.15, 0.2) is 12.1 Å². The molecule has 19 heavy (non-hydrogen) atoms. The highest BCUT2D eigenvalue weighted by Gasteiger charge is 2.37. The zero-order chi connectivity index (χ0) is 13.3. The minimum atomic E-state index is -0.525. The van der Waals surface area contributed by atoms with Crippen molar-refractivity contribution >= 4 is 11.7 Å². The fourth-order valence-electron chi connectivity index (χ4n) is 3.46. The standard InChI is InChI=1S/C14H20N4O/c15-13(19)11-3-4-12(17-16-11)18-9-7-14(8-10-18)5-1-2-6-14/h3-4H,1-2,5-10H2,(H2,15,19). The van der Waals surface area contributed by atoms with Gasteiger partial charge in [-0.05, 0) is 43.2 Å². The molecule has 0 atom stereocenters. The Morgan fingerprint density at radius 1 is 1.11 bits per heavy atom. The van der Waals surface area contributed by atoms with Gasteiger partial charge in [-0.2, -0.15) is 0 Å². The SMILES string of the molecule is NC(=O)c1ccc(N2CCC3(CCCC3)CC2)nn1. The molecule has 102 valence electrons. The number of anilines is 1. The molecule has 0 aromatic carbocycles. The van der Waals surface area contributed by atoms with Gasteiger partial charge < -0.3 is 10.6 Å². The topological polar surface area (TPSA) is 72.1 Å². The van der Waals surface area contributed by atoms with Gasteiger partial charge in [0, 0.05) is 13.1 Å². The molecule has 5 nitrogen and oxygen atoms in total. The maximum atomic E-state index is 11.0. The van der Waals surface area contributed by atoms with Crippen LogP contribution in [0, 0.1) is 5.41 Å². The molecular weight excluding hydrogens is 240 g/mol. The number of aromatic nitrogens is 2. The molecule has 1 aromatic rings. The summed E-state index contributed by atoms with van der Waals surface area (Å²) in [5, 5.41) is 7.99. The van der Waals surface area contributed by atoms with Crippen molar-refractivity contribution in [2.75, 3.05) is 18.0 Å². The first-order chi connectivity index (χ1) is 9.19. The summed E-state index contributed by atoms with van der Waals surface area (Å²) in [4.78, 5) is 13.2. The first-order valence-electron chi connectivity index (χ1n) is 7.07. The molecule has 5 heteroatoms. The van der Waals surface area contributed by atoms with Crippen molar-refractivity contribution in [2.24, 2.45) is 11.1 Å².